The quantitative estimate of drug-likeness (QED) is 0.863. The van der Waals surface area contributed by atoms with E-state index in [1.54, 1.807) is 12.1 Å². The molecule has 0 radical (unpaired) electrons. The minimum atomic E-state index is -1.10. The summed E-state index contributed by atoms with van der Waals surface area (Å²) >= 11 is 5.74. The van der Waals surface area contributed by atoms with Gasteiger partial charge in [0, 0.05) is 13.6 Å². The van der Waals surface area contributed by atoms with Crippen molar-refractivity contribution < 1.29 is 9.90 Å². The standard InChI is InChI=1S/C11H15ClN2O2/c1-3-4-7-14(2)9-6-5-8(12)10(13-9)11(15)16/h5-6H,3-4,7H2,1-2H3,(H,15,16). The highest BCUT2D eigenvalue weighted by atomic mass is 35.5. The Labute approximate surface area is 99.9 Å². The molecule has 4 nitrogen and oxygen atoms in total. The zero-order valence-corrected chi connectivity index (χ0v) is 10.2. The smallest absolute Gasteiger partial charge is 0.356 e. The number of hydrogen-bond acceptors (Lipinski definition) is 3. The third-order valence-corrected chi connectivity index (χ3v) is 2.58. The lowest BCUT2D eigenvalue weighted by Crippen LogP contribution is -2.20. The van der Waals surface area contributed by atoms with Crippen molar-refractivity contribution in [2.45, 2.75) is 19.8 Å². The van der Waals surface area contributed by atoms with Gasteiger partial charge in [0.2, 0.25) is 0 Å². The van der Waals surface area contributed by atoms with Gasteiger partial charge in [-0.1, -0.05) is 24.9 Å². The van der Waals surface area contributed by atoms with Crippen LogP contribution in [0.25, 0.3) is 0 Å². The van der Waals surface area contributed by atoms with E-state index in [1.807, 2.05) is 11.9 Å². The summed E-state index contributed by atoms with van der Waals surface area (Å²) < 4.78 is 0. The van der Waals surface area contributed by atoms with Gasteiger partial charge in [0.25, 0.3) is 0 Å². The maximum atomic E-state index is 10.8. The number of pyridine rings is 1. The lowest BCUT2D eigenvalue weighted by Gasteiger charge is -2.18. The molecule has 0 fully saturated rings. The van der Waals surface area contributed by atoms with E-state index in [1.165, 1.54) is 0 Å². The first kappa shape index (κ1) is 12.8. The summed E-state index contributed by atoms with van der Waals surface area (Å²) in [5.74, 6) is -0.467. The van der Waals surface area contributed by atoms with Gasteiger partial charge in [0.1, 0.15) is 5.82 Å². The Bertz CT molecular complexity index is 382. The van der Waals surface area contributed by atoms with E-state index >= 15 is 0 Å². The molecule has 88 valence electrons. The molecular formula is C11H15ClN2O2. The summed E-state index contributed by atoms with van der Waals surface area (Å²) in [6, 6.07) is 3.29. The Morgan fingerprint density at radius 2 is 2.25 bits per heavy atom. The van der Waals surface area contributed by atoms with Crippen LogP contribution in [0.15, 0.2) is 12.1 Å². The SMILES string of the molecule is CCCCN(C)c1ccc(Cl)c(C(=O)O)n1. The average molecular weight is 243 g/mol. The monoisotopic (exact) mass is 242 g/mol. The van der Waals surface area contributed by atoms with Crippen LogP contribution in [0.3, 0.4) is 0 Å². The first-order valence-corrected chi connectivity index (χ1v) is 5.55. The van der Waals surface area contributed by atoms with Crippen LogP contribution >= 0.6 is 11.6 Å². The number of halogens is 1. The summed E-state index contributed by atoms with van der Waals surface area (Å²) in [5, 5.41) is 9.05. The highest BCUT2D eigenvalue weighted by Gasteiger charge is 2.12. The van der Waals surface area contributed by atoms with Gasteiger partial charge in [-0.15, -0.1) is 0 Å². The Morgan fingerprint density at radius 3 is 2.81 bits per heavy atom. The minimum absolute atomic E-state index is 0.0949. The van der Waals surface area contributed by atoms with Crippen LogP contribution in [0.5, 0.6) is 0 Å². The molecule has 0 saturated heterocycles. The fourth-order valence-corrected chi connectivity index (χ4v) is 1.49. The van der Waals surface area contributed by atoms with E-state index in [0.717, 1.165) is 19.4 Å². The topological polar surface area (TPSA) is 53.4 Å². The number of unbranched alkanes of at least 4 members (excludes halogenated alkanes) is 1. The number of nitrogens with zero attached hydrogens (tertiary/aromatic N) is 2. The zero-order chi connectivity index (χ0) is 12.1. The molecule has 0 aliphatic carbocycles. The summed E-state index contributed by atoms with van der Waals surface area (Å²) in [6.07, 6.45) is 2.13. The molecule has 0 aliphatic heterocycles. The first-order valence-electron chi connectivity index (χ1n) is 5.17. The van der Waals surface area contributed by atoms with Crippen molar-refractivity contribution in [1.82, 2.24) is 4.98 Å². The number of carboxylic acids is 1. The molecule has 0 spiro atoms. The molecule has 0 saturated carbocycles. The molecule has 0 bridgehead atoms. The maximum Gasteiger partial charge on any atom is 0.356 e. The molecule has 1 rings (SSSR count). The second-order valence-corrected chi connectivity index (χ2v) is 3.99. The Hall–Kier alpha value is -1.29. The molecular weight excluding hydrogens is 228 g/mol. The molecule has 0 atom stereocenters. The predicted octanol–water partition coefficient (Wildman–Crippen LogP) is 2.67. The van der Waals surface area contributed by atoms with Crippen molar-refractivity contribution in [3.05, 3.63) is 22.8 Å². The van der Waals surface area contributed by atoms with Gasteiger partial charge in [0.15, 0.2) is 5.69 Å². The molecule has 5 heteroatoms. The normalized spacial score (nSPS) is 10.2. The number of hydrogen-bond donors (Lipinski definition) is 1. The Kier molecular flexibility index (Phi) is 4.55. The van der Waals surface area contributed by atoms with Crippen LogP contribution in [-0.4, -0.2) is 29.7 Å². The highest BCUT2D eigenvalue weighted by Crippen LogP contribution is 2.18. The van der Waals surface area contributed by atoms with Gasteiger partial charge in [-0.25, -0.2) is 9.78 Å². The molecule has 1 aromatic rings. The molecule has 16 heavy (non-hydrogen) atoms. The van der Waals surface area contributed by atoms with Crippen molar-refractivity contribution in [1.29, 1.82) is 0 Å². The number of aromatic nitrogens is 1. The molecule has 0 amide bonds. The maximum absolute atomic E-state index is 10.8. The van der Waals surface area contributed by atoms with E-state index in [4.69, 9.17) is 16.7 Å². The number of carbonyl (C=O) groups is 1. The van der Waals surface area contributed by atoms with E-state index in [2.05, 4.69) is 11.9 Å². The molecule has 0 aromatic carbocycles. The number of rotatable bonds is 5. The van der Waals surface area contributed by atoms with Crippen LogP contribution in [0.4, 0.5) is 5.82 Å². The Balaban J connectivity index is 2.89. The molecule has 1 heterocycles. The van der Waals surface area contributed by atoms with Crippen LogP contribution in [-0.2, 0) is 0 Å². The van der Waals surface area contributed by atoms with Crippen molar-refractivity contribution in [2.24, 2.45) is 0 Å². The number of aromatic carboxylic acids is 1. The van der Waals surface area contributed by atoms with Gasteiger partial charge in [-0.3, -0.25) is 0 Å². The van der Waals surface area contributed by atoms with Gasteiger partial charge in [0.05, 0.1) is 5.02 Å². The van der Waals surface area contributed by atoms with Gasteiger partial charge in [-0.05, 0) is 18.6 Å². The molecule has 0 aliphatic rings. The lowest BCUT2D eigenvalue weighted by molar-refractivity contribution is 0.0691. The summed E-state index contributed by atoms with van der Waals surface area (Å²) in [5.41, 5.74) is -0.0949. The van der Waals surface area contributed by atoms with Crippen LogP contribution in [0.2, 0.25) is 5.02 Å². The van der Waals surface area contributed by atoms with E-state index < -0.39 is 5.97 Å². The summed E-state index contributed by atoms with van der Waals surface area (Å²) in [6.45, 7) is 2.95. The third-order valence-electron chi connectivity index (χ3n) is 2.27. The van der Waals surface area contributed by atoms with Gasteiger partial charge >= 0.3 is 5.97 Å². The van der Waals surface area contributed by atoms with E-state index in [9.17, 15) is 4.79 Å². The van der Waals surface area contributed by atoms with Gasteiger partial charge in [-0.2, -0.15) is 0 Å². The summed E-state index contributed by atoms with van der Waals surface area (Å²) in [7, 11) is 1.89. The second-order valence-electron chi connectivity index (χ2n) is 3.58. The minimum Gasteiger partial charge on any atom is -0.476 e. The van der Waals surface area contributed by atoms with E-state index in [0.29, 0.717) is 5.82 Å². The third kappa shape index (κ3) is 3.10. The summed E-state index contributed by atoms with van der Waals surface area (Å²) in [4.78, 5) is 16.8. The number of anilines is 1. The van der Waals surface area contributed by atoms with E-state index in [-0.39, 0.29) is 10.7 Å². The number of carboxylic acid groups (broad SMARTS) is 1. The van der Waals surface area contributed by atoms with Crippen LogP contribution in [0, 0.1) is 0 Å². The molecule has 1 N–H and O–H groups in total. The molecule has 0 unspecified atom stereocenters. The van der Waals surface area contributed by atoms with Gasteiger partial charge < -0.3 is 10.0 Å². The van der Waals surface area contributed by atoms with Crippen molar-refractivity contribution in [2.75, 3.05) is 18.5 Å². The highest BCUT2D eigenvalue weighted by molar-refractivity contribution is 6.33. The fourth-order valence-electron chi connectivity index (χ4n) is 1.30. The molecule has 1 aromatic heterocycles. The second kappa shape index (κ2) is 5.70. The average Bonchev–Trinajstić information content (AvgIpc) is 2.26. The Morgan fingerprint density at radius 1 is 1.56 bits per heavy atom. The van der Waals surface area contributed by atoms with Crippen LogP contribution in [0.1, 0.15) is 30.3 Å². The lowest BCUT2D eigenvalue weighted by atomic mass is 10.3. The predicted molar refractivity (Wildman–Crippen MR) is 64.4 cm³/mol. The fraction of sp³-hybridized carbons (Fsp3) is 0.455. The largest absolute Gasteiger partial charge is 0.476 e. The van der Waals surface area contributed by atoms with Crippen LogP contribution < -0.4 is 4.90 Å². The van der Waals surface area contributed by atoms with Crippen molar-refractivity contribution in [3.8, 4) is 0 Å². The van der Waals surface area contributed by atoms with Crippen molar-refractivity contribution >= 4 is 23.4 Å². The van der Waals surface area contributed by atoms with Crippen molar-refractivity contribution in [3.63, 3.8) is 0 Å². The zero-order valence-electron chi connectivity index (χ0n) is 9.40. The first-order chi connectivity index (χ1) is 7.56.